The second kappa shape index (κ2) is 5.38. The van der Waals surface area contributed by atoms with Crippen LogP contribution >= 0.6 is 0 Å². The number of sulfonamides is 1. The fourth-order valence-electron chi connectivity index (χ4n) is 2.40. The predicted octanol–water partition coefficient (Wildman–Crippen LogP) is 1.63. The van der Waals surface area contributed by atoms with Gasteiger partial charge in [-0.15, -0.1) is 0 Å². The van der Waals surface area contributed by atoms with Gasteiger partial charge in [0.15, 0.2) is 0 Å². The van der Waals surface area contributed by atoms with Crippen LogP contribution < -0.4 is 5.73 Å². The average molecular weight is 268 g/mol. The van der Waals surface area contributed by atoms with Gasteiger partial charge in [0.05, 0.1) is 4.90 Å². The van der Waals surface area contributed by atoms with Crippen LogP contribution in [0.3, 0.4) is 0 Å². The Morgan fingerprint density at radius 2 is 1.89 bits per heavy atom. The molecule has 0 spiro atoms. The summed E-state index contributed by atoms with van der Waals surface area (Å²) >= 11 is 0. The van der Waals surface area contributed by atoms with Crippen molar-refractivity contribution in [2.45, 2.75) is 37.6 Å². The first-order valence-electron chi connectivity index (χ1n) is 6.36. The van der Waals surface area contributed by atoms with Crippen LogP contribution in [-0.4, -0.2) is 25.8 Å². The lowest BCUT2D eigenvalue weighted by atomic mass is 10.1. The molecule has 2 rings (SSSR count). The molecular formula is C13H20N2O2S. The van der Waals surface area contributed by atoms with E-state index in [-0.39, 0.29) is 0 Å². The van der Waals surface area contributed by atoms with Crippen molar-refractivity contribution in [1.82, 2.24) is 4.31 Å². The van der Waals surface area contributed by atoms with Crippen LogP contribution in [0.2, 0.25) is 0 Å². The fraction of sp³-hybridized carbons (Fsp3) is 0.538. The molecule has 4 nitrogen and oxygen atoms in total. The number of hydrogen-bond donors (Lipinski definition) is 1. The maximum absolute atomic E-state index is 12.6. The van der Waals surface area contributed by atoms with Gasteiger partial charge in [-0.05, 0) is 37.0 Å². The molecular weight excluding hydrogens is 248 g/mol. The molecule has 1 heterocycles. The highest BCUT2D eigenvalue weighted by molar-refractivity contribution is 7.89. The van der Waals surface area contributed by atoms with E-state index in [2.05, 4.69) is 0 Å². The van der Waals surface area contributed by atoms with E-state index in [4.69, 9.17) is 5.73 Å². The molecule has 0 unspecified atom stereocenters. The minimum absolute atomic E-state index is 0.370. The average Bonchev–Trinajstić information content (AvgIpc) is 2.40. The van der Waals surface area contributed by atoms with Crippen LogP contribution in [-0.2, 0) is 16.6 Å². The summed E-state index contributed by atoms with van der Waals surface area (Å²) in [5.41, 5.74) is 7.31. The Morgan fingerprint density at radius 1 is 1.22 bits per heavy atom. The number of benzene rings is 1. The molecule has 5 heteroatoms. The number of nitrogens with two attached hydrogens (primary N) is 1. The summed E-state index contributed by atoms with van der Waals surface area (Å²) in [6.45, 7) is 3.47. The Kier molecular flexibility index (Phi) is 4.04. The smallest absolute Gasteiger partial charge is 0.243 e. The zero-order chi connectivity index (χ0) is 13.2. The van der Waals surface area contributed by atoms with Gasteiger partial charge in [-0.2, -0.15) is 4.31 Å². The fourth-order valence-corrected chi connectivity index (χ4v) is 4.19. The summed E-state index contributed by atoms with van der Waals surface area (Å²) in [6, 6.07) is 5.33. The Labute approximate surface area is 109 Å². The second-order valence-electron chi connectivity index (χ2n) is 4.71. The summed E-state index contributed by atoms with van der Waals surface area (Å²) in [5.74, 6) is 0. The molecule has 0 radical (unpaired) electrons. The van der Waals surface area contributed by atoms with Crippen molar-refractivity contribution < 1.29 is 8.42 Å². The quantitative estimate of drug-likeness (QED) is 0.906. The van der Waals surface area contributed by atoms with E-state index < -0.39 is 10.0 Å². The van der Waals surface area contributed by atoms with E-state index in [0.29, 0.717) is 24.5 Å². The molecule has 0 amide bonds. The van der Waals surface area contributed by atoms with Crippen LogP contribution in [0, 0.1) is 6.92 Å². The molecule has 1 aromatic carbocycles. The zero-order valence-electron chi connectivity index (χ0n) is 10.7. The van der Waals surface area contributed by atoms with Gasteiger partial charge in [0.1, 0.15) is 0 Å². The Balaban J connectivity index is 2.40. The molecule has 1 saturated heterocycles. The molecule has 0 aromatic heterocycles. The number of rotatable bonds is 3. The Hall–Kier alpha value is -0.910. The minimum Gasteiger partial charge on any atom is -0.326 e. The van der Waals surface area contributed by atoms with Crippen LogP contribution in [0.5, 0.6) is 0 Å². The van der Waals surface area contributed by atoms with Crippen molar-refractivity contribution in [2.24, 2.45) is 5.73 Å². The van der Waals surface area contributed by atoms with Crippen molar-refractivity contribution in [3.8, 4) is 0 Å². The third-order valence-electron chi connectivity index (χ3n) is 3.55. The largest absolute Gasteiger partial charge is 0.326 e. The van der Waals surface area contributed by atoms with Crippen LogP contribution in [0.15, 0.2) is 23.1 Å². The van der Waals surface area contributed by atoms with Crippen molar-refractivity contribution >= 4 is 10.0 Å². The standard InChI is InChI=1S/C13H20N2O2S/c1-11-12(10-14)6-5-7-13(11)18(16,17)15-8-3-2-4-9-15/h5-7H,2-4,8-10,14H2,1H3. The van der Waals surface area contributed by atoms with Gasteiger partial charge in [-0.1, -0.05) is 18.6 Å². The van der Waals surface area contributed by atoms with Crippen LogP contribution in [0.1, 0.15) is 30.4 Å². The number of nitrogens with zero attached hydrogens (tertiary/aromatic N) is 1. The Morgan fingerprint density at radius 3 is 2.50 bits per heavy atom. The van der Waals surface area contributed by atoms with Crippen molar-refractivity contribution in [3.63, 3.8) is 0 Å². The van der Waals surface area contributed by atoms with Crippen molar-refractivity contribution in [1.29, 1.82) is 0 Å². The summed E-state index contributed by atoms with van der Waals surface area (Å²) < 4.78 is 26.7. The Bertz CT molecular complexity index is 520. The maximum atomic E-state index is 12.6. The molecule has 0 aliphatic carbocycles. The predicted molar refractivity (Wildman–Crippen MR) is 71.7 cm³/mol. The van der Waals surface area contributed by atoms with Gasteiger partial charge in [0.25, 0.3) is 0 Å². The molecule has 18 heavy (non-hydrogen) atoms. The van der Waals surface area contributed by atoms with Crippen LogP contribution in [0.4, 0.5) is 0 Å². The first-order chi connectivity index (χ1) is 8.57. The molecule has 0 saturated carbocycles. The molecule has 1 aliphatic rings. The summed E-state index contributed by atoms with van der Waals surface area (Å²) in [7, 11) is -3.35. The third-order valence-corrected chi connectivity index (χ3v) is 5.59. The maximum Gasteiger partial charge on any atom is 0.243 e. The lowest BCUT2D eigenvalue weighted by Gasteiger charge is -2.26. The van der Waals surface area contributed by atoms with E-state index in [1.807, 2.05) is 13.0 Å². The molecule has 100 valence electrons. The van der Waals surface area contributed by atoms with Crippen molar-refractivity contribution in [3.05, 3.63) is 29.3 Å². The highest BCUT2D eigenvalue weighted by Gasteiger charge is 2.27. The van der Waals surface area contributed by atoms with E-state index in [1.165, 1.54) is 0 Å². The second-order valence-corrected chi connectivity index (χ2v) is 6.62. The lowest BCUT2D eigenvalue weighted by Crippen LogP contribution is -2.36. The zero-order valence-corrected chi connectivity index (χ0v) is 11.5. The van der Waals surface area contributed by atoms with Crippen molar-refractivity contribution in [2.75, 3.05) is 13.1 Å². The van der Waals surface area contributed by atoms with Gasteiger partial charge in [0.2, 0.25) is 10.0 Å². The molecule has 1 fully saturated rings. The molecule has 0 bridgehead atoms. The monoisotopic (exact) mass is 268 g/mol. The third kappa shape index (κ3) is 2.43. The van der Waals surface area contributed by atoms with E-state index in [1.54, 1.807) is 16.4 Å². The van der Waals surface area contributed by atoms with Gasteiger partial charge < -0.3 is 5.73 Å². The van der Waals surface area contributed by atoms with E-state index in [0.717, 1.165) is 30.4 Å². The molecule has 0 atom stereocenters. The van der Waals surface area contributed by atoms with Gasteiger partial charge in [-0.3, -0.25) is 0 Å². The molecule has 1 aromatic rings. The lowest BCUT2D eigenvalue weighted by molar-refractivity contribution is 0.346. The SMILES string of the molecule is Cc1c(CN)cccc1S(=O)(=O)N1CCCCC1. The van der Waals surface area contributed by atoms with Crippen LogP contribution in [0.25, 0.3) is 0 Å². The number of hydrogen-bond acceptors (Lipinski definition) is 3. The minimum atomic E-state index is -3.35. The normalized spacial score (nSPS) is 17.9. The first-order valence-corrected chi connectivity index (χ1v) is 7.80. The highest BCUT2D eigenvalue weighted by atomic mass is 32.2. The summed E-state index contributed by atoms with van der Waals surface area (Å²) in [4.78, 5) is 0.410. The van der Waals surface area contributed by atoms with E-state index >= 15 is 0 Å². The molecule has 2 N–H and O–H groups in total. The van der Waals surface area contributed by atoms with Gasteiger partial charge in [0, 0.05) is 19.6 Å². The molecule has 1 aliphatic heterocycles. The highest BCUT2D eigenvalue weighted by Crippen LogP contribution is 2.24. The summed E-state index contributed by atoms with van der Waals surface area (Å²) in [5, 5.41) is 0. The topological polar surface area (TPSA) is 63.4 Å². The van der Waals surface area contributed by atoms with E-state index in [9.17, 15) is 8.42 Å². The van der Waals surface area contributed by atoms with Gasteiger partial charge >= 0.3 is 0 Å². The number of piperidine rings is 1. The summed E-state index contributed by atoms with van der Waals surface area (Å²) in [6.07, 6.45) is 3.03. The van der Waals surface area contributed by atoms with Gasteiger partial charge in [-0.25, -0.2) is 8.42 Å². The first kappa shape index (κ1) is 13.5.